The molecule has 0 aliphatic carbocycles. The van der Waals surface area contributed by atoms with Gasteiger partial charge in [-0.05, 0) is 34.6 Å². The third-order valence-electron chi connectivity index (χ3n) is 1.86. The Hall–Kier alpha value is -0.280. The first-order chi connectivity index (χ1) is 9.74. The summed E-state index contributed by atoms with van der Waals surface area (Å²) in [7, 11) is 7.33. The van der Waals surface area contributed by atoms with Gasteiger partial charge in [-0.25, -0.2) is 0 Å². The molecule has 0 rings (SSSR count). The van der Waals surface area contributed by atoms with Crippen molar-refractivity contribution in [3.63, 3.8) is 0 Å². The molecule has 0 aliphatic rings. The maximum absolute atomic E-state index is 8.14. The van der Waals surface area contributed by atoms with Crippen LogP contribution in [-0.2, 0) is 23.7 Å². The van der Waals surface area contributed by atoms with Gasteiger partial charge in [0.05, 0.1) is 6.10 Å². The second-order valence-electron chi connectivity index (χ2n) is 3.86. The van der Waals surface area contributed by atoms with E-state index in [9.17, 15) is 0 Å². The molecule has 3 atom stereocenters. The molecule has 134 valence electrons. The van der Waals surface area contributed by atoms with E-state index in [0.29, 0.717) is 6.10 Å². The van der Waals surface area contributed by atoms with E-state index in [1.807, 2.05) is 27.7 Å². The Morgan fingerprint density at radius 1 is 0.619 bits per heavy atom. The summed E-state index contributed by atoms with van der Waals surface area (Å²) in [4.78, 5) is 0. The molecule has 2 N–H and O–H groups in total. The number of rotatable bonds is 6. The van der Waals surface area contributed by atoms with E-state index in [0.717, 1.165) is 7.11 Å². The summed E-state index contributed by atoms with van der Waals surface area (Å²) in [5, 5.41) is 15.1. The highest BCUT2D eigenvalue weighted by molar-refractivity contribution is 4.30. The lowest BCUT2D eigenvalue weighted by molar-refractivity contribution is -0.213. The maximum Gasteiger partial charge on any atom is 0.157 e. The van der Waals surface area contributed by atoms with Crippen LogP contribution in [0.25, 0.3) is 0 Å². The molecule has 0 aromatic carbocycles. The summed E-state index contributed by atoms with van der Waals surface area (Å²) < 4.78 is 23.8. The number of methoxy groups -OCH3 is 4. The highest BCUT2D eigenvalue weighted by Crippen LogP contribution is 1.97. The number of ether oxygens (including phenoxy) is 5. The lowest BCUT2D eigenvalue weighted by Crippen LogP contribution is -2.19. The SMILES string of the molecule is CO.COC(C)C.COC(C)O.COC(C)OC(C)OC. The zero-order valence-corrected chi connectivity index (χ0v) is 15.2. The van der Waals surface area contributed by atoms with Crippen molar-refractivity contribution in [2.24, 2.45) is 0 Å². The van der Waals surface area contributed by atoms with Crippen LogP contribution < -0.4 is 0 Å². The minimum Gasteiger partial charge on any atom is -0.400 e. The Bertz CT molecular complexity index is 138. The number of aliphatic hydroxyl groups is 2. The van der Waals surface area contributed by atoms with Crippen LogP contribution in [0.5, 0.6) is 0 Å². The third kappa shape index (κ3) is 45.1. The topological polar surface area (TPSA) is 86.6 Å². The summed E-state index contributed by atoms with van der Waals surface area (Å²) in [6, 6.07) is 0. The molecule has 0 aromatic heterocycles. The van der Waals surface area contributed by atoms with Gasteiger partial charge in [-0.3, -0.25) is 0 Å². The van der Waals surface area contributed by atoms with Gasteiger partial charge in [0.1, 0.15) is 0 Å². The van der Waals surface area contributed by atoms with Crippen LogP contribution in [0.2, 0.25) is 0 Å². The molecule has 7 heteroatoms. The average Bonchev–Trinajstić information content (AvgIpc) is 2.49. The minimum absolute atomic E-state index is 0.194. The molecule has 0 fully saturated rings. The Balaban J connectivity index is -0.000000104. The minimum atomic E-state index is -0.616. The predicted octanol–water partition coefficient (Wildman–Crippen LogP) is 1.61. The van der Waals surface area contributed by atoms with E-state index in [1.165, 1.54) is 7.11 Å². The molecular formula is C14H36O7. The highest BCUT2D eigenvalue weighted by Gasteiger charge is 2.03. The number of aliphatic hydroxyl groups excluding tert-OH is 2. The Labute approximate surface area is 130 Å². The highest BCUT2D eigenvalue weighted by atomic mass is 16.8. The normalized spacial score (nSPS) is 13.6. The molecule has 7 nitrogen and oxygen atoms in total. The van der Waals surface area contributed by atoms with Gasteiger partial charge in [-0.15, -0.1) is 0 Å². The molecule has 0 saturated heterocycles. The molecule has 0 saturated carbocycles. The second kappa shape index (κ2) is 24.7. The lowest BCUT2D eigenvalue weighted by Gasteiger charge is -2.15. The van der Waals surface area contributed by atoms with Gasteiger partial charge in [-0.2, -0.15) is 0 Å². The molecule has 0 spiro atoms. The fourth-order valence-corrected chi connectivity index (χ4v) is 0.381. The molecule has 0 radical (unpaired) electrons. The predicted molar refractivity (Wildman–Crippen MR) is 83.0 cm³/mol. The Kier molecular flexibility index (Phi) is 33.9. The van der Waals surface area contributed by atoms with E-state index >= 15 is 0 Å². The van der Waals surface area contributed by atoms with Crippen molar-refractivity contribution in [1.29, 1.82) is 0 Å². The molecular weight excluding hydrogens is 280 g/mol. The van der Waals surface area contributed by atoms with Crippen LogP contribution in [0.15, 0.2) is 0 Å². The van der Waals surface area contributed by atoms with E-state index in [1.54, 1.807) is 28.3 Å². The average molecular weight is 316 g/mol. The van der Waals surface area contributed by atoms with Gasteiger partial charge in [0.15, 0.2) is 18.9 Å². The van der Waals surface area contributed by atoms with Crippen molar-refractivity contribution in [3.05, 3.63) is 0 Å². The lowest BCUT2D eigenvalue weighted by atomic mass is 10.5. The van der Waals surface area contributed by atoms with Crippen molar-refractivity contribution in [3.8, 4) is 0 Å². The Morgan fingerprint density at radius 3 is 0.952 bits per heavy atom. The molecule has 0 aliphatic heterocycles. The third-order valence-corrected chi connectivity index (χ3v) is 1.86. The molecule has 0 heterocycles. The summed E-state index contributed by atoms with van der Waals surface area (Å²) >= 11 is 0. The van der Waals surface area contributed by atoms with Crippen LogP contribution in [0.1, 0.15) is 34.6 Å². The van der Waals surface area contributed by atoms with Crippen molar-refractivity contribution in [1.82, 2.24) is 0 Å². The molecule has 0 aromatic rings. The zero-order chi connectivity index (χ0) is 17.8. The number of hydrogen-bond acceptors (Lipinski definition) is 7. The van der Waals surface area contributed by atoms with Gasteiger partial charge in [0.2, 0.25) is 0 Å². The van der Waals surface area contributed by atoms with Gasteiger partial charge >= 0.3 is 0 Å². The Morgan fingerprint density at radius 2 is 0.857 bits per heavy atom. The monoisotopic (exact) mass is 316 g/mol. The summed E-state index contributed by atoms with van der Waals surface area (Å²) in [5.41, 5.74) is 0. The summed E-state index contributed by atoms with van der Waals surface area (Å²) in [6.45, 7) is 9.19. The van der Waals surface area contributed by atoms with Gasteiger partial charge in [0, 0.05) is 35.5 Å². The quantitative estimate of drug-likeness (QED) is 0.720. The van der Waals surface area contributed by atoms with Crippen LogP contribution in [-0.4, -0.2) is 70.7 Å². The largest absolute Gasteiger partial charge is 0.400 e. The van der Waals surface area contributed by atoms with Gasteiger partial charge in [0.25, 0.3) is 0 Å². The standard InChI is InChI=1S/C6H14O3.C4H10O.C3H8O2.CH4O/c1-5(7-3)9-6(2)8-4;1-4(2)5-3;1-3(4)5-2;1-2/h5-6H,1-4H3;4H,1-3H3;3-4H,1-2H3;2H,1H3. The van der Waals surface area contributed by atoms with Crippen LogP contribution in [0.4, 0.5) is 0 Å². The first kappa shape index (κ1) is 28.8. The fraction of sp³-hybridized carbons (Fsp3) is 1.00. The zero-order valence-electron chi connectivity index (χ0n) is 15.2. The van der Waals surface area contributed by atoms with E-state index in [2.05, 4.69) is 4.74 Å². The van der Waals surface area contributed by atoms with Crippen molar-refractivity contribution >= 4 is 0 Å². The van der Waals surface area contributed by atoms with Crippen LogP contribution in [0, 0.1) is 0 Å². The van der Waals surface area contributed by atoms with Gasteiger partial charge < -0.3 is 33.9 Å². The molecule has 0 amide bonds. The first-order valence-electron chi connectivity index (χ1n) is 6.64. The van der Waals surface area contributed by atoms with Crippen molar-refractivity contribution in [2.45, 2.75) is 59.6 Å². The smallest absolute Gasteiger partial charge is 0.157 e. The van der Waals surface area contributed by atoms with E-state index < -0.39 is 6.29 Å². The number of hydrogen-bond donors (Lipinski definition) is 2. The van der Waals surface area contributed by atoms with Crippen LogP contribution in [0.3, 0.4) is 0 Å². The maximum atomic E-state index is 8.14. The molecule has 3 unspecified atom stereocenters. The fourth-order valence-electron chi connectivity index (χ4n) is 0.381. The van der Waals surface area contributed by atoms with Gasteiger partial charge in [-0.1, -0.05) is 0 Å². The van der Waals surface area contributed by atoms with Crippen molar-refractivity contribution in [2.75, 3.05) is 35.5 Å². The first-order valence-corrected chi connectivity index (χ1v) is 6.64. The molecule has 21 heavy (non-hydrogen) atoms. The van der Waals surface area contributed by atoms with Crippen molar-refractivity contribution < 1.29 is 33.9 Å². The summed E-state index contributed by atoms with van der Waals surface area (Å²) in [5.74, 6) is 0. The molecule has 0 bridgehead atoms. The van der Waals surface area contributed by atoms with Crippen LogP contribution >= 0.6 is 0 Å². The summed E-state index contributed by atoms with van der Waals surface area (Å²) in [6.07, 6.45) is -0.620. The van der Waals surface area contributed by atoms with E-state index in [-0.39, 0.29) is 12.6 Å². The van der Waals surface area contributed by atoms with E-state index in [4.69, 9.17) is 29.2 Å². The second-order valence-corrected chi connectivity index (χ2v) is 3.86.